The molecular formula is C22H33N5O4. The maximum absolute atomic E-state index is 13.1. The van der Waals surface area contributed by atoms with Crippen LogP contribution in [0.2, 0.25) is 0 Å². The molecule has 170 valence electrons. The molecule has 1 aromatic heterocycles. The van der Waals surface area contributed by atoms with Gasteiger partial charge < -0.3 is 20.4 Å². The number of aromatic nitrogens is 1. The van der Waals surface area contributed by atoms with Gasteiger partial charge in [-0.2, -0.15) is 0 Å². The molecule has 3 amide bonds. The topological polar surface area (TPSA) is 138 Å². The van der Waals surface area contributed by atoms with Crippen LogP contribution in [0.25, 0.3) is 10.9 Å². The van der Waals surface area contributed by atoms with Crippen LogP contribution in [-0.2, 0) is 20.7 Å². The summed E-state index contributed by atoms with van der Waals surface area (Å²) >= 11 is 0. The van der Waals surface area contributed by atoms with Crippen molar-refractivity contribution in [1.29, 1.82) is 0 Å². The van der Waals surface area contributed by atoms with Crippen LogP contribution in [0.5, 0.6) is 0 Å². The fourth-order valence-electron chi connectivity index (χ4n) is 3.26. The molecule has 0 saturated carbocycles. The van der Waals surface area contributed by atoms with Crippen LogP contribution in [0.15, 0.2) is 30.5 Å². The van der Waals surface area contributed by atoms with E-state index in [9.17, 15) is 14.4 Å². The molecule has 2 aromatic rings. The zero-order chi connectivity index (χ0) is 23.2. The molecule has 0 aliphatic carbocycles. The lowest BCUT2D eigenvalue weighted by Crippen LogP contribution is -2.56. The number of para-hydroxylation sites is 1. The van der Waals surface area contributed by atoms with Gasteiger partial charge in [0.05, 0.1) is 0 Å². The Labute approximate surface area is 182 Å². The summed E-state index contributed by atoms with van der Waals surface area (Å²) in [6, 6.07) is 5.92. The van der Waals surface area contributed by atoms with Crippen molar-refractivity contribution in [2.45, 2.75) is 65.1 Å². The van der Waals surface area contributed by atoms with E-state index in [4.69, 9.17) is 10.6 Å². The molecule has 9 heteroatoms. The van der Waals surface area contributed by atoms with Crippen molar-refractivity contribution >= 4 is 28.8 Å². The number of hydrogen-bond donors (Lipinski definition) is 5. The van der Waals surface area contributed by atoms with Crippen molar-refractivity contribution in [3.05, 3.63) is 36.0 Å². The number of hydrazine groups is 1. The summed E-state index contributed by atoms with van der Waals surface area (Å²) in [7, 11) is 0. The molecule has 1 heterocycles. The number of H-pyrrole nitrogens is 1. The second-order valence-electron chi connectivity index (χ2n) is 8.96. The van der Waals surface area contributed by atoms with Gasteiger partial charge in [-0.1, -0.05) is 32.0 Å². The van der Waals surface area contributed by atoms with Crippen molar-refractivity contribution in [2.24, 2.45) is 11.8 Å². The first-order valence-corrected chi connectivity index (χ1v) is 10.4. The highest BCUT2D eigenvalue weighted by Crippen LogP contribution is 2.19. The minimum atomic E-state index is -0.950. The molecule has 0 bridgehead atoms. The highest BCUT2D eigenvalue weighted by atomic mass is 16.6. The number of nitrogens with one attached hydrogen (secondary N) is 4. The van der Waals surface area contributed by atoms with E-state index in [0.29, 0.717) is 6.42 Å². The summed E-state index contributed by atoms with van der Waals surface area (Å²) in [5, 5.41) is 6.31. The molecule has 0 radical (unpaired) electrons. The smallest absolute Gasteiger partial charge is 0.408 e. The zero-order valence-electron chi connectivity index (χ0n) is 18.7. The van der Waals surface area contributed by atoms with Gasteiger partial charge >= 0.3 is 6.09 Å². The average Bonchev–Trinajstić information content (AvgIpc) is 3.07. The molecule has 31 heavy (non-hydrogen) atoms. The Morgan fingerprint density at radius 2 is 1.74 bits per heavy atom. The molecule has 0 aliphatic heterocycles. The number of fused-ring (bicyclic) bond motifs is 1. The van der Waals surface area contributed by atoms with Gasteiger partial charge in [-0.25, -0.2) is 10.6 Å². The molecule has 2 rings (SSSR count). The molecule has 0 fully saturated rings. The average molecular weight is 432 g/mol. The van der Waals surface area contributed by atoms with Crippen molar-refractivity contribution in [2.75, 3.05) is 0 Å². The van der Waals surface area contributed by atoms with Crippen LogP contribution in [-0.4, -0.2) is 40.6 Å². The summed E-state index contributed by atoms with van der Waals surface area (Å²) in [6.07, 6.45) is 1.71. The standard InChI is InChI=1S/C22H33N5O4/c1-13(2)10-17(20(29)27-23)25-19(28)18(26-21(30)31-22(3,4)5)11-14-12-24-16-9-7-6-8-15(14)16/h6-9,12-13,17-18,24H,10-11,23H2,1-5H3,(H,25,28)(H,26,30)(H,27,29)/t17-,18-/m1/s1. The van der Waals surface area contributed by atoms with Crippen LogP contribution in [0, 0.1) is 5.92 Å². The fraction of sp³-hybridized carbons (Fsp3) is 0.500. The Morgan fingerprint density at radius 3 is 2.35 bits per heavy atom. The number of amides is 3. The largest absolute Gasteiger partial charge is 0.444 e. The number of benzene rings is 1. The van der Waals surface area contributed by atoms with Crippen molar-refractivity contribution in [3.63, 3.8) is 0 Å². The van der Waals surface area contributed by atoms with Crippen molar-refractivity contribution in [3.8, 4) is 0 Å². The number of alkyl carbamates (subject to hydrolysis) is 1. The number of ether oxygens (including phenoxy) is 1. The van der Waals surface area contributed by atoms with Gasteiger partial charge in [-0.15, -0.1) is 0 Å². The predicted octanol–water partition coefficient (Wildman–Crippen LogP) is 2.12. The quantitative estimate of drug-likeness (QED) is 0.248. The number of rotatable bonds is 8. The van der Waals surface area contributed by atoms with E-state index in [2.05, 4.69) is 21.0 Å². The molecule has 2 atom stereocenters. The van der Waals surface area contributed by atoms with Crippen LogP contribution in [0.3, 0.4) is 0 Å². The third kappa shape index (κ3) is 7.29. The molecule has 0 spiro atoms. The molecular weight excluding hydrogens is 398 g/mol. The minimum absolute atomic E-state index is 0.147. The molecule has 1 aromatic carbocycles. The van der Waals surface area contributed by atoms with Gasteiger partial charge in [0.2, 0.25) is 5.91 Å². The SMILES string of the molecule is CC(C)C[C@@H](NC(=O)[C@@H](Cc1c[nH]c2ccccc12)NC(=O)OC(C)(C)C)C(=O)NN. The molecule has 6 N–H and O–H groups in total. The van der Waals surface area contributed by atoms with Crippen LogP contribution in [0.1, 0.15) is 46.6 Å². The summed E-state index contributed by atoms with van der Waals surface area (Å²) in [4.78, 5) is 40.8. The van der Waals surface area contributed by atoms with Gasteiger partial charge in [-0.05, 0) is 44.7 Å². The number of carbonyl (C=O) groups excluding carboxylic acids is 3. The monoisotopic (exact) mass is 431 g/mol. The lowest BCUT2D eigenvalue weighted by Gasteiger charge is -2.25. The van der Waals surface area contributed by atoms with Crippen LogP contribution in [0.4, 0.5) is 4.79 Å². The van der Waals surface area contributed by atoms with Crippen molar-refractivity contribution < 1.29 is 19.1 Å². The van der Waals surface area contributed by atoms with Gasteiger partial charge in [-0.3, -0.25) is 15.0 Å². The van der Waals surface area contributed by atoms with E-state index >= 15 is 0 Å². The maximum atomic E-state index is 13.1. The van der Waals surface area contributed by atoms with Crippen LogP contribution < -0.4 is 21.9 Å². The third-order valence-corrected chi connectivity index (χ3v) is 4.59. The summed E-state index contributed by atoms with van der Waals surface area (Å²) in [6.45, 7) is 9.10. The highest BCUT2D eigenvalue weighted by Gasteiger charge is 2.29. The predicted molar refractivity (Wildman–Crippen MR) is 119 cm³/mol. The second-order valence-corrected chi connectivity index (χ2v) is 8.96. The first kappa shape index (κ1) is 24.2. The second kappa shape index (κ2) is 10.3. The molecule has 0 unspecified atom stereocenters. The Kier molecular flexibility index (Phi) is 8.04. The Hall–Kier alpha value is -3.07. The lowest BCUT2D eigenvalue weighted by atomic mass is 10.0. The van der Waals surface area contributed by atoms with E-state index in [1.807, 2.05) is 38.1 Å². The summed E-state index contributed by atoms with van der Waals surface area (Å²) in [5.74, 6) is 4.43. The molecule has 0 aliphatic rings. The number of aromatic amines is 1. The van der Waals surface area contributed by atoms with Crippen molar-refractivity contribution in [1.82, 2.24) is 21.0 Å². The first-order chi connectivity index (χ1) is 14.5. The lowest BCUT2D eigenvalue weighted by molar-refractivity contribution is -0.130. The molecule has 0 saturated heterocycles. The Morgan fingerprint density at radius 1 is 1.06 bits per heavy atom. The van der Waals surface area contributed by atoms with Crippen LogP contribution >= 0.6 is 0 Å². The Balaban J connectivity index is 2.25. The minimum Gasteiger partial charge on any atom is -0.444 e. The normalized spacial score (nSPS) is 13.5. The van der Waals surface area contributed by atoms with Gasteiger partial charge in [0.1, 0.15) is 17.7 Å². The highest BCUT2D eigenvalue weighted by molar-refractivity contribution is 5.92. The van der Waals surface area contributed by atoms with E-state index < -0.39 is 35.6 Å². The fourth-order valence-corrected chi connectivity index (χ4v) is 3.26. The summed E-state index contributed by atoms with van der Waals surface area (Å²) < 4.78 is 5.33. The summed E-state index contributed by atoms with van der Waals surface area (Å²) in [5.41, 5.74) is 3.15. The maximum Gasteiger partial charge on any atom is 0.408 e. The van der Waals surface area contributed by atoms with Gasteiger partial charge in [0, 0.05) is 23.5 Å². The van der Waals surface area contributed by atoms with E-state index in [-0.39, 0.29) is 12.3 Å². The number of hydrogen-bond acceptors (Lipinski definition) is 5. The first-order valence-electron chi connectivity index (χ1n) is 10.4. The third-order valence-electron chi connectivity index (χ3n) is 4.59. The Bertz CT molecular complexity index is 916. The number of carbonyl (C=O) groups is 3. The van der Waals surface area contributed by atoms with E-state index in [1.165, 1.54) is 0 Å². The molecule has 9 nitrogen and oxygen atoms in total. The van der Waals surface area contributed by atoms with E-state index in [0.717, 1.165) is 16.5 Å². The van der Waals surface area contributed by atoms with Gasteiger partial charge in [0.15, 0.2) is 0 Å². The van der Waals surface area contributed by atoms with Gasteiger partial charge in [0.25, 0.3) is 5.91 Å². The van der Waals surface area contributed by atoms with E-state index in [1.54, 1.807) is 27.0 Å². The number of nitrogens with two attached hydrogens (primary N) is 1. The zero-order valence-corrected chi connectivity index (χ0v) is 18.7.